The molecule has 0 amide bonds. The molecule has 0 N–H and O–H groups in total. The van der Waals surface area contributed by atoms with Crippen LogP contribution in [-0.4, -0.2) is 29.5 Å². The van der Waals surface area contributed by atoms with Crippen molar-refractivity contribution in [3.05, 3.63) is 17.2 Å². The van der Waals surface area contributed by atoms with E-state index in [9.17, 15) is 4.79 Å². The maximum atomic E-state index is 11.3. The minimum Gasteiger partial charge on any atom is -0.544 e. The van der Waals surface area contributed by atoms with Gasteiger partial charge in [-0.2, -0.15) is 0 Å². The predicted octanol–water partition coefficient (Wildman–Crippen LogP) is 3.18. The van der Waals surface area contributed by atoms with Crippen molar-refractivity contribution in [1.29, 1.82) is 0 Å². The lowest BCUT2D eigenvalue weighted by Gasteiger charge is -2.27. The second kappa shape index (κ2) is 6.30. The summed E-state index contributed by atoms with van der Waals surface area (Å²) in [5.74, 6) is 1.78. The third-order valence-electron chi connectivity index (χ3n) is 2.88. The maximum Gasteiger partial charge on any atom is 0.229 e. The molecule has 112 valence electrons. The van der Waals surface area contributed by atoms with Gasteiger partial charge < -0.3 is 13.9 Å². The topological polar surface area (TPSA) is 44.8 Å². The molecular weight excluding hydrogens is 272 g/mol. The van der Waals surface area contributed by atoms with Gasteiger partial charge in [-0.15, -0.1) is 0 Å². The predicted molar refractivity (Wildman–Crippen MR) is 83.1 cm³/mol. The first-order valence-corrected chi connectivity index (χ1v) is 9.45. The van der Waals surface area contributed by atoms with Crippen LogP contribution in [0.15, 0.2) is 6.07 Å². The number of rotatable bonds is 5. The van der Waals surface area contributed by atoms with E-state index in [0.717, 1.165) is 11.8 Å². The first-order chi connectivity index (χ1) is 9.26. The Labute approximate surface area is 122 Å². The molecule has 0 bridgehead atoms. The van der Waals surface area contributed by atoms with Gasteiger partial charge in [-0.3, -0.25) is 4.79 Å². The normalized spacial score (nSPS) is 11.4. The van der Waals surface area contributed by atoms with Crippen molar-refractivity contribution in [2.24, 2.45) is 0 Å². The molecule has 0 saturated heterocycles. The molecule has 0 aliphatic heterocycles. The van der Waals surface area contributed by atoms with Crippen LogP contribution in [0.4, 0.5) is 0 Å². The Morgan fingerprint density at radius 2 is 1.70 bits per heavy atom. The van der Waals surface area contributed by atoms with Gasteiger partial charge in [0.25, 0.3) is 0 Å². The highest BCUT2D eigenvalue weighted by Gasteiger charge is 2.29. The summed E-state index contributed by atoms with van der Waals surface area (Å²) >= 11 is 0. The van der Waals surface area contributed by atoms with E-state index in [0.29, 0.717) is 22.8 Å². The van der Waals surface area contributed by atoms with Crippen molar-refractivity contribution in [2.45, 2.75) is 39.3 Å². The van der Waals surface area contributed by atoms with Gasteiger partial charge in [-0.1, -0.05) is 20.8 Å². The van der Waals surface area contributed by atoms with Gasteiger partial charge in [-0.25, -0.2) is 0 Å². The van der Waals surface area contributed by atoms with Gasteiger partial charge in [0.1, 0.15) is 5.75 Å². The number of ether oxygens (including phenoxy) is 2. The molecule has 0 radical (unpaired) electrons. The number of hydrogen-bond donors (Lipinski definition) is 0. The Morgan fingerprint density at radius 3 is 2.05 bits per heavy atom. The summed E-state index contributed by atoms with van der Waals surface area (Å²) in [6.45, 7) is 10.3. The van der Waals surface area contributed by atoms with E-state index in [4.69, 9.17) is 13.9 Å². The number of aldehydes is 1. The van der Waals surface area contributed by atoms with Crippen LogP contribution in [0.5, 0.6) is 17.2 Å². The zero-order valence-electron chi connectivity index (χ0n) is 13.4. The molecule has 5 heteroatoms. The maximum absolute atomic E-state index is 11.3. The third-order valence-corrected chi connectivity index (χ3v) is 3.59. The molecule has 0 aliphatic carbocycles. The number of hydrogen-bond acceptors (Lipinski definition) is 4. The Kier molecular flexibility index (Phi) is 5.22. The standard InChI is InChI=1S/C15H24O4Si/c1-15(2,3)12-11(17-4)8-10(9-16)13(14(12)18-5)19-20(6)7/h8-9,20H,1-7H3. The summed E-state index contributed by atoms with van der Waals surface area (Å²) in [7, 11) is 1.82. The smallest absolute Gasteiger partial charge is 0.229 e. The minimum absolute atomic E-state index is 0.186. The van der Waals surface area contributed by atoms with Crippen molar-refractivity contribution >= 4 is 15.3 Å². The number of benzene rings is 1. The molecule has 1 aromatic carbocycles. The summed E-state index contributed by atoms with van der Waals surface area (Å²) in [6, 6.07) is 1.72. The van der Waals surface area contributed by atoms with Crippen LogP contribution in [0.3, 0.4) is 0 Å². The van der Waals surface area contributed by atoms with Crippen LogP contribution >= 0.6 is 0 Å². The van der Waals surface area contributed by atoms with Crippen LogP contribution in [0.2, 0.25) is 13.1 Å². The fourth-order valence-electron chi connectivity index (χ4n) is 2.15. The molecule has 0 aromatic heterocycles. The molecule has 20 heavy (non-hydrogen) atoms. The molecule has 1 aromatic rings. The average molecular weight is 296 g/mol. The molecule has 1 rings (SSSR count). The first-order valence-electron chi connectivity index (χ1n) is 6.67. The summed E-state index contributed by atoms with van der Waals surface area (Å²) < 4.78 is 16.9. The van der Waals surface area contributed by atoms with E-state index in [-0.39, 0.29) is 5.41 Å². The van der Waals surface area contributed by atoms with Crippen LogP contribution < -0.4 is 13.9 Å². The van der Waals surface area contributed by atoms with Crippen LogP contribution in [0.25, 0.3) is 0 Å². The highest BCUT2D eigenvalue weighted by atomic mass is 28.3. The van der Waals surface area contributed by atoms with Gasteiger partial charge >= 0.3 is 0 Å². The monoisotopic (exact) mass is 296 g/mol. The zero-order chi connectivity index (χ0) is 15.5. The minimum atomic E-state index is -1.36. The summed E-state index contributed by atoms with van der Waals surface area (Å²) in [5.41, 5.74) is 1.19. The SMILES string of the molecule is COc1cc(C=O)c(O[SiH](C)C)c(OC)c1C(C)(C)C. The fourth-order valence-corrected chi connectivity index (χ4v) is 2.86. The van der Waals surface area contributed by atoms with Crippen LogP contribution in [-0.2, 0) is 5.41 Å². The van der Waals surface area contributed by atoms with Gasteiger partial charge in [0.05, 0.1) is 19.8 Å². The Balaban J connectivity index is 3.69. The Bertz CT molecular complexity index is 490. The molecule has 0 aliphatic rings. The highest BCUT2D eigenvalue weighted by Crippen LogP contribution is 2.46. The second-order valence-corrected chi connectivity index (χ2v) is 8.27. The first kappa shape index (κ1) is 16.6. The van der Waals surface area contributed by atoms with E-state index in [2.05, 4.69) is 33.9 Å². The van der Waals surface area contributed by atoms with Crippen LogP contribution in [0.1, 0.15) is 36.7 Å². The molecular formula is C15H24O4Si. The highest BCUT2D eigenvalue weighted by molar-refractivity contribution is 6.49. The van der Waals surface area contributed by atoms with Crippen molar-refractivity contribution in [2.75, 3.05) is 14.2 Å². The zero-order valence-corrected chi connectivity index (χ0v) is 14.5. The lowest BCUT2D eigenvalue weighted by Crippen LogP contribution is -2.19. The molecule has 4 nitrogen and oxygen atoms in total. The fraction of sp³-hybridized carbons (Fsp3) is 0.533. The van der Waals surface area contributed by atoms with Crippen LogP contribution in [0, 0.1) is 0 Å². The molecule has 0 atom stereocenters. The van der Waals surface area contributed by atoms with Gasteiger partial charge in [0, 0.05) is 5.56 Å². The molecule has 0 saturated carbocycles. The lowest BCUT2D eigenvalue weighted by atomic mass is 9.84. The van der Waals surface area contributed by atoms with E-state index in [1.54, 1.807) is 20.3 Å². The van der Waals surface area contributed by atoms with E-state index < -0.39 is 9.04 Å². The third kappa shape index (κ3) is 3.33. The molecule has 0 unspecified atom stereocenters. The summed E-state index contributed by atoms with van der Waals surface area (Å²) in [5, 5.41) is 0. The van der Waals surface area contributed by atoms with Gasteiger partial charge in [0.15, 0.2) is 17.8 Å². The lowest BCUT2D eigenvalue weighted by molar-refractivity contribution is 0.112. The van der Waals surface area contributed by atoms with Crippen molar-refractivity contribution in [3.8, 4) is 17.2 Å². The second-order valence-electron chi connectivity index (χ2n) is 5.94. The molecule has 0 heterocycles. The quantitative estimate of drug-likeness (QED) is 0.618. The number of carbonyl (C=O) groups is 1. The van der Waals surface area contributed by atoms with E-state index >= 15 is 0 Å². The van der Waals surface area contributed by atoms with Gasteiger partial charge in [-0.05, 0) is 24.6 Å². The van der Waals surface area contributed by atoms with E-state index in [1.165, 1.54) is 0 Å². The average Bonchev–Trinajstić information content (AvgIpc) is 2.35. The van der Waals surface area contributed by atoms with Crippen molar-refractivity contribution in [3.63, 3.8) is 0 Å². The Hall–Kier alpha value is -1.49. The summed E-state index contributed by atoms with van der Waals surface area (Å²) in [4.78, 5) is 11.3. The van der Waals surface area contributed by atoms with Crippen molar-refractivity contribution in [1.82, 2.24) is 0 Å². The largest absolute Gasteiger partial charge is 0.544 e. The van der Waals surface area contributed by atoms with E-state index in [1.807, 2.05) is 0 Å². The number of methoxy groups -OCH3 is 2. The molecule has 0 fully saturated rings. The number of carbonyl (C=O) groups excluding carboxylic acids is 1. The molecule has 0 spiro atoms. The van der Waals surface area contributed by atoms with Gasteiger partial charge in [0.2, 0.25) is 9.04 Å². The van der Waals surface area contributed by atoms with Crippen molar-refractivity contribution < 1.29 is 18.7 Å². The Morgan fingerprint density at radius 1 is 1.10 bits per heavy atom. The summed E-state index contributed by atoms with van der Waals surface area (Å²) in [6.07, 6.45) is 0.781.